The van der Waals surface area contributed by atoms with Gasteiger partial charge in [0, 0.05) is 30.6 Å². The summed E-state index contributed by atoms with van der Waals surface area (Å²) in [6.45, 7) is 1.93. The van der Waals surface area contributed by atoms with Gasteiger partial charge in [0.25, 0.3) is 15.9 Å². The van der Waals surface area contributed by atoms with Gasteiger partial charge in [-0.3, -0.25) is 4.79 Å². The number of carbonyl (C=O) groups is 1. The fraction of sp³-hybridized carbons (Fsp3) is 0.231. The summed E-state index contributed by atoms with van der Waals surface area (Å²) in [6.07, 6.45) is 3.27. The van der Waals surface area contributed by atoms with Gasteiger partial charge in [0.1, 0.15) is 5.82 Å². The lowest BCUT2D eigenvalue weighted by Crippen LogP contribution is -2.30. The summed E-state index contributed by atoms with van der Waals surface area (Å²) in [4.78, 5) is 14.7. The number of rotatable bonds is 6. The van der Waals surface area contributed by atoms with Gasteiger partial charge in [0.05, 0.1) is 10.4 Å². The zero-order chi connectivity index (χ0) is 24.4. The van der Waals surface area contributed by atoms with E-state index in [0.717, 1.165) is 47.4 Å². The van der Waals surface area contributed by atoms with E-state index < -0.39 is 10.0 Å². The number of nitrogens with zero attached hydrogens (tertiary/aromatic N) is 3. The minimum absolute atomic E-state index is 0.0473. The monoisotopic (exact) mass is 492 g/mol. The Kier molecular flexibility index (Phi) is 6.25. The number of para-hydroxylation sites is 1. The van der Waals surface area contributed by atoms with Crippen molar-refractivity contribution in [2.45, 2.75) is 30.7 Å². The van der Waals surface area contributed by atoms with Crippen molar-refractivity contribution in [3.63, 3.8) is 0 Å². The van der Waals surface area contributed by atoms with Gasteiger partial charge in [-0.25, -0.2) is 4.39 Å². The van der Waals surface area contributed by atoms with Crippen LogP contribution in [-0.4, -0.2) is 36.6 Å². The summed E-state index contributed by atoms with van der Waals surface area (Å²) < 4.78 is 41.2. The van der Waals surface area contributed by atoms with E-state index in [1.54, 1.807) is 24.3 Å². The second kappa shape index (κ2) is 9.50. The number of amides is 1. The first kappa shape index (κ1) is 23.0. The van der Waals surface area contributed by atoms with E-state index in [1.165, 1.54) is 36.4 Å². The van der Waals surface area contributed by atoms with Crippen LogP contribution in [0.4, 0.5) is 10.2 Å². The molecule has 0 unspecified atom stereocenters. The maximum atomic E-state index is 13.5. The van der Waals surface area contributed by atoms with Crippen molar-refractivity contribution in [3.05, 3.63) is 89.7 Å². The van der Waals surface area contributed by atoms with Crippen molar-refractivity contribution >= 4 is 32.7 Å². The van der Waals surface area contributed by atoms with Crippen molar-refractivity contribution < 1.29 is 17.6 Å². The van der Waals surface area contributed by atoms with E-state index in [1.807, 2.05) is 12.1 Å². The first-order valence-corrected chi connectivity index (χ1v) is 13.0. The Bertz CT molecular complexity index is 1460. The van der Waals surface area contributed by atoms with Crippen molar-refractivity contribution in [1.29, 1.82) is 0 Å². The number of piperidine rings is 1. The molecule has 180 valence electrons. The molecule has 0 saturated carbocycles. The Morgan fingerprint density at radius 1 is 0.914 bits per heavy atom. The first-order chi connectivity index (χ1) is 16.9. The lowest BCUT2D eigenvalue weighted by atomic mass is 10.1. The molecule has 0 spiro atoms. The number of hydrogen-bond acceptors (Lipinski definition) is 5. The third-order valence-corrected chi connectivity index (χ3v) is 7.80. The summed E-state index contributed by atoms with van der Waals surface area (Å²) in [5.74, 6) is -0.0132. The quantitative estimate of drug-likeness (QED) is 0.433. The Morgan fingerprint density at radius 2 is 1.60 bits per heavy atom. The van der Waals surface area contributed by atoms with Gasteiger partial charge in [0.2, 0.25) is 0 Å². The molecule has 1 aliphatic heterocycles. The highest BCUT2D eigenvalue weighted by Gasteiger charge is 2.26. The van der Waals surface area contributed by atoms with E-state index >= 15 is 0 Å². The highest BCUT2D eigenvalue weighted by atomic mass is 32.2. The van der Waals surface area contributed by atoms with Crippen LogP contribution in [0.5, 0.6) is 0 Å². The lowest BCUT2D eigenvalue weighted by Gasteiger charge is -2.26. The largest absolute Gasteiger partial charge is 0.355 e. The van der Waals surface area contributed by atoms with Crippen LogP contribution in [0.2, 0.25) is 0 Å². The highest BCUT2D eigenvalue weighted by Crippen LogP contribution is 2.30. The number of hydrogen-bond donors (Lipinski definition) is 1. The van der Waals surface area contributed by atoms with Crippen molar-refractivity contribution in [1.82, 2.24) is 14.5 Å². The molecule has 3 aromatic carbocycles. The van der Waals surface area contributed by atoms with E-state index in [9.17, 15) is 17.6 Å². The Labute approximate surface area is 203 Å². The molecule has 9 heteroatoms. The summed E-state index contributed by atoms with van der Waals surface area (Å²) in [5, 5.41) is 8.09. The maximum Gasteiger partial charge on any atom is 0.283 e. The van der Waals surface area contributed by atoms with Crippen LogP contribution in [0.1, 0.15) is 35.2 Å². The predicted octanol–water partition coefficient (Wildman–Crippen LogP) is 4.33. The first-order valence-electron chi connectivity index (χ1n) is 11.5. The molecule has 1 N–H and O–H groups in total. The topological polar surface area (TPSA) is 84.3 Å². The molecule has 2 heterocycles. The summed E-state index contributed by atoms with van der Waals surface area (Å²) in [6, 6.07) is 19.0. The molecule has 1 aromatic heterocycles. The molecule has 0 bridgehead atoms. The van der Waals surface area contributed by atoms with E-state index in [-0.39, 0.29) is 23.2 Å². The van der Waals surface area contributed by atoms with Crippen molar-refractivity contribution in [3.8, 4) is 0 Å². The van der Waals surface area contributed by atoms with Gasteiger partial charge in [-0.2, -0.15) is 12.5 Å². The number of halogens is 1. The Morgan fingerprint density at radius 3 is 2.31 bits per heavy atom. The van der Waals surface area contributed by atoms with Crippen LogP contribution in [-0.2, 0) is 16.6 Å². The lowest BCUT2D eigenvalue weighted by molar-refractivity contribution is 0.0951. The van der Waals surface area contributed by atoms with Gasteiger partial charge >= 0.3 is 0 Å². The zero-order valence-electron chi connectivity index (χ0n) is 19.0. The minimum Gasteiger partial charge on any atom is -0.355 e. The number of carbonyl (C=O) groups excluding carboxylic acids is 1. The third kappa shape index (κ3) is 4.64. The molecule has 4 aromatic rings. The van der Waals surface area contributed by atoms with E-state index in [0.29, 0.717) is 16.9 Å². The summed E-state index contributed by atoms with van der Waals surface area (Å²) in [7, 11) is -3.97. The van der Waals surface area contributed by atoms with Crippen molar-refractivity contribution in [2.75, 3.05) is 18.0 Å². The second-order valence-electron chi connectivity index (χ2n) is 8.57. The van der Waals surface area contributed by atoms with Crippen LogP contribution >= 0.6 is 0 Å². The molecule has 1 aliphatic rings. The molecular weight excluding hydrogens is 467 g/mol. The molecule has 1 saturated heterocycles. The van der Waals surface area contributed by atoms with Gasteiger partial charge in [-0.05, 0) is 73.4 Å². The highest BCUT2D eigenvalue weighted by molar-refractivity contribution is 7.90. The zero-order valence-corrected chi connectivity index (χ0v) is 19.8. The fourth-order valence-corrected chi connectivity index (χ4v) is 5.59. The second-order valence-corrected chi connectivity index (χ2v) is 10.3. The summed E-state index contributed by atoms with van der Waals surface area (Å²) >= 11 is 0. The molecule has 0 atom stereocenters. The molecule has 5 rings (SSSR count). The number of nitrogens with one attached hydrogen (secondary N) is 1. The standard InChI is InChI=1S/C26H25FN4O3S/c27-21-12-8-19(9-13-21)18-28-26(32)20-10-14-22(15-11-20)35(33,34)31-24-7-3-2-6-23(24)25(29-31)30-16-4-1-5-17-30/h2-3,6-15H,1,4-5,16-18H2,(H,28,32). The maximum absolute atomic E-state index is 13.5. The average molecular weight is 493 g/mol. The SMILES string of the molecule is O=C(NCc1ccc(F)cc1)c1ccc(S(=O)(=O)n2nc(N3CCCCC3)c3ccccc32)cc1. The van der Waals surface area contributed by atoms with Gasteiger partial charge < -0.3 is 10.2 Å². The van der Waals surface area contributed by atoms with Gasteiger partial charge in [0.15, 0.2) is 5.82 Å². The van der Waals surface area contributed by atoms with Crippen LogP contribution < -0.4 is 10.2 Å². The van der Waals surface area contributed by atoms with Gasteiger partial charge in [-0.15, -0.1) is 5.10 Å². The summed E-state index contributed by atoms with van der Waals surface area (Å²) in [5.41, 5.74) is 1.61. The molecule has 35 heavy (non-hydrogen) atoms. The number of aromatic nitrogens is 2. The van der Waals surface area contributed by atoms with E-state index in [2.05, 4.69) is 15.3 Å². The molecule has 7 nitrogen and oxygen atoms in total. The molecule has 0 radical (unpaired) electrons. The van der Waals surface area contributed by atoms with Crippen LogP contribution in [0.15, 0.2) is 77.7 Å². The smallest absolute Gasteiger partial charge is 0.283 e. The van der Waals surface area contributed by atoms with Crippen LogP contribution in [0.25, 0.3) is 10.9 Å². The van der Waals surface area contributed by atoms with E-state index in [4.69, 9.17) is 0 Å². The molecule has 1 fully saturated rings. The van der Waals surface area contributed by atoms with Crippen molar-refractivity contribution in [2.24, 2.45) is 0 Å². The minimum atomic E-state index is -3.97. The molecule has 0 aliphatic carbocycles. The Balaban J connectivity index is 1.39. The molecule has 1 amide bonds. The average Bonchev–Trinajstić information content (AvgIpc) is 3.29. The Hall–Kier alpha value is -3.72. The van der Waals surface area contributed by atoms with Crippen LogP contribution in [0, 0.1) is 5.82 Å². The fourth-order valence-electron chi connectivity index (χ4n) is 4.31. The number of anilines is 1. The third-order valence-electron chi connectivity index (χ3n) is 6.20. The number of fused-ring (bicyclic) bond motifs is 1. The number of benzene rings is 3. The molecular formula is C26H25FN4O3S. The van der Waals surface area contributed by atoms with Gasteiger partial charge in [-0.1, -0.05) is 24.3 Å². The predicted molar refractivity (Wildman–Crippen MR) is 132 cm³/mol. The van der Waals surface area contributed by atoms with Crippen LogP contribution in [0.3, 0.4) is 0 Å². The normalized spacial score (nSPS) is 14.3.